The lowest BCUT2D eigenvalue weighted by molar-refractivity contribution is 0.240. The zero-order valence-electron chi connectivity index (χ0n) is 11.7. The number of amides is 2. The second kappa shape index (κ2) is 5.98. The summed E-state index contributed by atoms with van der Waals surface area (Å²) in [5, 5.41) is 2.65. The van der Waals surface area contributed by atoms with Crippen molar-refractivity contribution in [2.75, 3.05) is 11.9 Å². The number of fused-ring (bicyclic) bond motifs is 1. The molecule has 0 spiro atoms. The Hall–Kier alpha value is -2.68. The van der Waals surface area contributed by atoms with Gasteiger partial charge in [-0.3, -0.25) is 14.6 Å². The van der Waals surface area contributed by atoms with Crippen LogP contribution >= 0.6 is 12.8 Å². The fraction of sp³-hybridized carbons (Fsp3) is 0.154. The van der Waals surface area contributed by atoms with Crippen LogP contribution in [0.5, 0.6) is 0 Å². The molecule has 0 bridgehead atoms. The molecule has 0 aromatic carbocycles. The van der Waals surface area contributed by atoms with Crippen molar-refractivity contribution in [3.8, 4) is 11.5 Å². The number of aromatic nitrogens is 5. The maximum Gasteiger partial charge on any atom is 0.332 e. The first-order valence-electron chi connectivity index (χ1n) is 6.58. The summed E-state index contributed by atoms with van der Waals surface area (Å²) >= 11 is 4.04. The van der Waals surface area contributed by atoms with Gasteiger partial charge in [-0.1, -0.05) is 12.8 Å². The number of carbonyl (C=O) groups excluding carboxylic acids is 1. The first kappa shape index (κ1) is 14.3. The predicted octanol–water partition coefficient (Wildman–Crippen LogP) is 2.11. The largest absolute Gasteiger partial charge is 0.343 e. The molecule has 9 heteroatoms. The molecule has 0 radical (unpaired) electrons. The van der Waals surface area contributed by atoms with Gasteiger partial charge >= 0.3 is 6.03 Å². The third-order valence-electron chi connectivity index (χ3n) is 2.92. The molecule has 3 rings (SSSR count). The summed E-state index contributed by atoms with van der Waals surface area (Å²) in [6.07, 6.45) is 4.96. The number of aromatic amines is 1. The topological polar surface area (TPSA) is 99.7 Å². The highest BCUT2D eigenvalue weighted by Crippen LogP contribution is 2.16. The Morgan fingerprint density at radius 3 is 2.95 bits per heavy atom. The van der Waals surface area contributed by atoms with E-state index in [1.54, 1.807) is 30.7 Å². The molecule has 3 heterocycles. The van der Waals surface area contributed by atoms with E-state index in [0.717, 1.165) is 0 Å². The summed E-state index contributed by atoms with van der Waals surface area (Å²) in [6.45, 7) is 2.30. The summed E-state index contributed by atoms with van der Waals surface area (Å²) in [6, 6.07) is 3.05. The second-order valence-electron chi connectivity index (χ2n) is 4.38. The molecule has 112 valence electrons. The molecular formula is C13H13N7OS. The molecule has 0 saturated heterocycles. The van der Waals surface area contributed by atoms with E-state index in [4.69, 9.17) is 0 Å². The number of rotatable bonds is 3. The van der Waals surface area contributed by atoms with Gasteiger partial charge in [-0.05, 0) is 19.1 Å². The van der Waals surface area contributed by atoms with Crippen molar-refractivity contribution < 1.29 is 4.79 Å². The molecular weight excluding hydrogens is 302 g/mol. The number of carbonyl (C=O) groups is 1. The molecule has 22 heavy (non-hydrogen) atoms. The number of hydrogen-bond acceptors (Lipinski definition) is 6. The van der Waals surface area contributed by atoms with Crippen LogP contribution in [0.25, 0.3) is 22.7 Å². The van der Waals surface area contributed by atoms with Gasteiger partial charge in [-0.2, -0.15) is 0 Å². The fourth-order valence-corrected chi connectivity index (χ4v) is 1.85. The summed E-state index contributed by atoms with van der Waals surface area (Å²) in [5.74, 6) is 0.994. The van der Waals surface area contributed by atoms with Crippen molar-refractivity contribution in [3.63, 3.8) is 0 Å². The van der Waals surface area contributed by atoms with Crippen molar-refractivity contribution in [2.45, 2.75) is 6.92 Å². The third-order valence-corrected chi connectivity index (χ3v) is 3.38. The minimum absolute atomic E-state index is 0.354. The normalized spacial score (nSPS) is 10.6. The number of hydrogen-bond donors (Lipinski definition) is 3. The van der Waals surface area contributed by atoms with Gasteiger partial charge in [0, 0.05) is 18.9 Å². The number of urea groups is 1. The van der Waals surface area contributed by atoms with Gasteiger partial charge in [-0.15, -0.1) is 0 Å². The van der Waals surface area contributed by atoms with E-state index in [0.29, 0.717) is 35.0 Å². The molecule has 0 fully saturated rings. The van der Waals surface area contributed by atoms with E-state index >= 15 is 0 Å². The number of anilines is 1. The zero-order chi connectivity index (χ0) is 15.5. The number of pyridine rings is 1. The minimum Gasteiger partial charge on any atom is -0.343 e. The molecule has 0 atom stereocenters. The van der Waals surface area contributed by atoms with Crippen LogP contribution in [-0.2, 0) is 0 Å². The average molecular weight is 315 g/mol. The van der Waals surface area contributed by atoms with Crippen LogP contribution < -0.4 is 5.32 Å². The molecule has 0 unspecified atom stereocenters. The standard InChI is InChI=1S/C13H13N7OS/c1-2-20(22)13(21)19-10-4-3-8-12(18-10)17-9(7-16-8)11-14-5-6-15-11/h3-7,22H,2H2,1H3,(H,14,15)(H,17,18,19,21). The Balaban J connectivity index is 1.92. The Morgan fingerprint density at radius 2 is 2.23 bits per heavy atom. The van der Waals surface area contributed by atoms with E-state index in [1.165, 1.54) is 4.31 Å². The van der Waals surface area contributed by atoms with Gasteiger partial charge in [0.1, 0.15) is 17.0 Å². The molecule has 0 aliphatic rings. The van der Waals surface area contributed by atoms with Crippen LogP contribution in [-0.4, -0.2) is 41.8 Å². The fourth-order valence-electron chi connectivity index (χ4n) is 1.80. The lowest BCUT2D eigenvalue weighted by Gasteiger charge is -2.13. The van der Waals surface area contributed by atoms with E-state index < -0.39 is 0 Å². The maximum absolute atomic E-state index is 11.8. The molecule has 2 amide bonds. The van der Waals surface area contributed by atoms with Gasteiger partial charge < -0.3 is 4.98 Å². The predicted molar refractivity (Wildman–Crippen MR) is 85.3 cm³/mol. The van der Waals surface area contributed by atoms with Crippen LogP contribution in [0.2, 0.25) is 0 Å². The van der Waals surface area contributed by atoms with E-state index in [2.05, 4.69) is 43.1 Å². The summed E-state index contributed by atoms with van der Waals surface area (Å²) in [5.41, 5.74) is 1.64. The highest BCUT2D eigenvalue weighted by atomic mass is 32.1. The van der Waals surface area contributed by atoms with Crippen molar-refractivity contribution in [1.29, 1.82) is 0 Å². The van der Waals surface area contributed by atoms with Crippen LogP contribution in [0.15, 0.2) is 30.7 Å². The Bertz CT molecular complexity index is 805. The molecule has 0 aliphatic carbocycles. The monoisotopic (exact) mass is 315 g/mol. The van der Waals surface area contributed by atoms with Crippen molar-refractivity contribution in [1.82, 2.24) is 29.2 Å². The van der Waals surface area contributed by atoms with Gasteiger partial charge in [-0.25, -0.2) is 19.7 Å². The van der Waals surface area contributed by atoms with Gasteiger partial charge in [0.15, 0.2) is 11.5 Å². The smallest absolute Gasteiger partial charge is 0.332 e. The Morgan fingerprint density at radius 1 is 1.36 bits per heavy atom. The first-order valence-corrected chi connectivity index (χ1v) is 6.98. The molecule has 2 N–H and O–H groups in total. The molecule has 0 aliphatic heterocycles. The van der Waals surface area contributed by atoms with Crippen molar-refractivity contribution in [3.05, 3.63) is 30.7 Å². The SMILES string of the molecule is CCN(S)C(=O)Nc1ccc2ncc(-c3ncc[nH]3)nc2n1. The summed E-state index contributed by atoms with van der Waals surface area (Å²) in [7, 11) is 0. The van der Waals surface area contributed by atoms with E-state index in [1.807, 2.05) is 6.92 Å². The summed E-state index contributed by atoms with van der Waals surface area (Å²) in [4.78, 5) is 31.8. The molecule has 0 saturated carbocycles. The molecule has 8 nitrogen and oxygen atoms in total. The average Bonchev–Trinajstić information content (AvgIpc) is 3.07. The maximum atomic E-state index is 11.8. The van der Waals surface area contributed by atoms with Crippen LogP contribution in [0, 0.1) is 0 Å². The highest BCUT2D eigenvalue weighted by molar-refractivity contribution is 7.78. The number of nitrogens with zero attached hydrogens (tertiary/aromatic N) is 5. The van der Waals surface area contributed by atoms with Gasteiger partial charge in [0.25, 0.3) is 0 Å². The zero-order valence-corrected chi connectivity index (χ0v) is 12.6. The Kier molecular flexibility index (Phi) is 3.88. The number of nitrogens with one attached hydrogen (secondary N) is 2. The van der Waals surface area contributed by atoms with Gasteiger partial charge in [0.2, 0.25) is 0 Å². The van der Waals surface area contributed by atoms with E-state index in [9.17, 15) is 4.79 Å². The highest BCUT2D eigenvalue weighted by Gasteiger charge is 2.10. The van der Waals surface area contributed by atoms with Crippen molar-refractivity contribution in [2.24, 2.45) is 0 Å². The van der Waals surface area contributed by atoms with Crippen molar-refractivity contribution >= 4 is 35.8 Å². The quantitative estimate of drug-likeness (QED) is 0.643. The van der Waals surface area contributed by atoms with Gasteiger partial charge in [0.05, 0.1) is 6.20 Å². The third kappa shape index (κ3) is 2.84. The first-order chi connectivity index (χ1) is 10.7. The van der Waals surface area contributed by atoms with E-state index in [-0.39, 0.29) is 6.03 Å². The Labute approximate surface area is 131 Å². The number of thiol groups is 1. The molecule has 3 aromatic heterocycles. The summed E-state index contributed by atoms with van der Waals surface area (Å²) < 4.78 is 1.25. The molecule has 3 aromatic rings. The lowest BCUT2D eigenvalue weighted by Crippen LogP contribution is -2.27. The minimum atomic E-state index is -0.354. The van der Waals surface area contributed by atoms with Crippen LogP contribution in [0.3, 0.4) is 0 Å². The van der Waals surface area contributed by atoms with Crippen LogP contribution in [0.4, 0.5) is 10.6 Å². The lowest BCUT2D eigenvalue weighted by atomic mass is 10.3. The number of H-pyrrole nitrogens is 1. The number of imidazole rings is 1. The second-order valence-corrected chi connectivity index (χ2v) is 4.86. The van der Waals surface area contributed by atoms with Crippen LogP contribution in [0.1, 0.15) is 6.92 Å².